The van der Waals surface area contributed by atoms with E-state index in [1.807, 2.05) is 0 Å². The zero-order valence-corrected chi connectivity index (χ0v) is 49.5. The standard InChI is InChI=1S/C72H78BN3S/c1-66(2,3)43-24-26-44(27-25-43)74-59-41-54-53(70(10,11)33-34-71(54,12)13)40-56(59)73-63-60(74)37-46(75-57-22-18-16-20-47(57)48-21-17-19-23-58(48)75)38-61(63)76(45-28-29-50-51(36-45)68(6,7)31-30-67(50,4)5)64-49-39-52-55(42-62(49)77-65(64)73)72(14,15)35-32-69(52,8)9/h16-29,36-42H,30-35H2,1-15H3. The molecule has 2 aromatic heterocycles. The predicted octanol–water partition coefficient (Wildman–Crippen LogP) is 18.4. The molecular weight excluding hydrogens is 950 g/mol. The van der Waals surface area contributed by atoms with E-state index in [0.717, 1.165) is 12.8 Å². The highest BCUT2D eigenvalue weighted by Gasteiger charge is 2.49. The van der Waals surface area contributed by atoms with Gasteiger partial charge in [-0.25, -0.2) is 0 Å². The van der Waals surface area contributed by atoms with Crippen molar-refractivity contribution >= 4 is 99.8 Å². The van der Waals surface area contributed by atoms with Crippen molar-refractivity contribution in [1.29, 1.82) is 0 Å². The number of rotatable bonds is 3. The van der Waals surface area contributed by atoms with Gasteiger partial charge >= 0.3 is 0 Å². The molecule has 0 fully saturated rings. The molecule has 0 saturated carbocycles. The number of nitrogens with zero attached hydrogens (tertiary/aromatic N) is 3. The summed E-state index contributed by atoms with van der Waals surface area (Å²) in [6.07, 6.45) is 7.05. The zero-order valence-electron chi connectivity index (χ0n) is 48.7. The van der Waals surface area contributed by atoms with E-state index in [0.29, 0.717) is 0 Å². The average molecular weight is 1030 g/mol. The van der Waals surface area contributed by atoms with Gasteiger partial charge in [-0.1, -0.05) is 165 Å². The van der Waals surface area contributed by atoms with Crippen LogP contribution in [0.25, 0.3) is 37.6 Å². The first-order chi connectivity index (χ1) is 36.3. The van der Waals surface area contributed by atoms with Crippen molar-refractivity contribution in [3.63, 3.8) is 0 Å². The van der Waals surface area contributed by atoms with E-state index >= 15 is 0 Å². The average Bonchev–Trinajstić information content (AvgIpc) is 4.10. The molecule has 5 heteroatoms. The minimum atomic E-state index is 0.00753. The Morgan fingerprint density at radius 1 is 0.416 bits per heavy atom. The summed E-state index contributed by atoms with van der Waals surface area (Å²) in [4.78, 5) is 5.48. The maximum absolute atomic E-state index is 2.78. The quantitative estimate of drug-likeness (QED) is 0.163. The summed E-state index contributed by atoms with van der Waals surface area (Å²) >= 11 is 2.08. The van der Waals surface area contributed by atoms with Gasteiger partial charge in [-0.05, 0) is 193 Å². The number of hydrogen-bond acceptors (Lipinski definition) is 3. The van der Waals surface area contributed by atoms with Crippen molar-refractivity contribution in [2.75, 3.05) is 9.80 Å². The molecule has 4 heterocycles. The lowest BCUT2D eigenvalue weighted by atomic mass is 9.35. The molecule has 5 aliphatic rings. The van der Waals surface area contributed by atoms with Gasteiger partial charge in [0, 0.05) is 54.1 Å². The van der Waals surface area contributed by atoms with E-state index in [-0.39, 0.29) is 44.6 Å². The molecular formula is C72H78BN3S. The number of aromatic nitrogens is 1. The Morgan fingerprint density at radius 2 is 0.883 bits per heavy atom. The molecule has 14 rings (SSSR count). The molecule has 0 N–H and O–H groups in total. The summed E-state index contributed by atoms with van der Waals surface area (Å²) < 4.78 is 5.44. The number of fused-ring (bicyclic) bond motifs is 12. The van der Waals surface area contributed by atoms with Crippen LogP contribution in [0.1, 0.15) is 181 Å². The van der Waals surface area contributed by atoms with Crippen LogP contribution >= 0.6 is 11.3 Å². The molecule has 0 spiro atoms. The number of benzene rings is 7. The highest BCUT2D eigenvalue weighted by atomic mass is 32.1. The van der Waals surface area contributed by atoms with Crippen LogP contribution in [-0.4, -0.2) is 11.3 Å². The van der Waals surface area contributed by atoms with Crippen molar-refractivity contribution in [1.82, 2.24) is 4.57 Å². The van der Waals surface area contributed by atoms with Crippen LogP contribution in [0.15, 0.2) is 127 Å². The molecule has 7 aromatic carbocycles. The summed E-state index contributed by atoms with van der Waals surface area (Å²) in [5.74, 6) is 0. The van der Waals surface area contributed by atoms with Gasteiger partial charge in [0.2, 0.25) is 0 Å². The summed E-state index contributed by atoms with van der Waals surface area (Å²) in [6, 6.07) is 51.4. The van der Waals surface area contributed by atoms with Crippen LogP contribution in [0.4, 0.5) is 34.1 Å². The molecule has 0 saturated heterocycles. The van der Waals surface area contributed by atoms with Crippen molar-refractivity contribution in [2.45, 2.75) is 180 Å². The van der Waals surface area contributed by atoms with Crippen LogP contribution in [0.3, 0.4) is 0 Å². The fourth-order valence-corrected chi connectivity index (χ4v) is 16.6. The normalized spacial score (nSPS) is 19.9. The fraction of sp³-hybridized carbons (Fsp3) is 0.389. The van der Waals surface area contributed by atoms with Crippen LogP contribution in [0, 0.1) is 0 Å². The van der Waals surface area contributed by atoms with Crippen molar-refractivity contribution in [3.8, 4) is 5.69 Å². The first-order valence-corrected chi connectivity index (χ1v) is 29.9. The van der Waals surface area contributed by atoms with Gasteiger partial charge in [0.15, 0.2) is 0 Å². The molecule has 0 bridgehead atoms. The second-order valence-electron chi connectivity index (χ2n) is 29.4. The Balaban J connectivity index is 1.17. The van der Waals surface area contributed by atoms with E-state index in [1.54, 1.807) is 0 Å². The van der Waals surface area contributed by atoms with Crippen LogP contribution in [0.2, 0.25) is 0 Å². The predicted molar refractivity (Wildman–Crippen MR) is 335 cm³/mol. The Kier molecular flexibility index (Phi) is 10.1. The molecule has 2 aliphatic heterocycles. The summed E-state index contributed by atoms with van der Waals surface area (Å²) in [5, 5.41) is 3.95. The van der Waals surface area contributed by atoms with E-state index in [2.05, 4.69) is 257 Å². The van der Waals surface area contributed by atoms with Gasteiger partial charge in [-0.15, -0.1) is 11.3 Å². The third-order valence-corrected chi connectivity index (χ3v) is 21.7. The maximum Gasteiger partial charge on any atom is 0.264 e. The second kappa shape index (κ2) is 15.8. The van der Waals surface area contributed by atoms with E-state index < -0.39 is 0 Å². The minimum Gasteiger partial charge on any atom is -0.311 e. The van der Waals surface area contributed by atoms with Crippen molar-refractivity contribution in [2.24, 2.45) is 0 Å². The molecule has 0 atom stereocenters. The van der Waals surface area contributed by atoms with Gasteiger partial charge in [0.25, 0.3) is 6.71 Å². The number of thiophene rings is 1. The number of hydrogen-bond donors (Lipinski definition) is 0. The molecule has 0 amide bonds. The highest BCUT2D eigenvalue weighted by Crippen LogP contribution is 2.56. The maximum atomic E-state index is 2.78. The van der Waals surface area contributed by atoms with Gasteiger partial charge in [0.05, 0.1) is 22.4 Å². The summed E-state index contributed by atoms with van der Waals surface area (Å²) in [6.45, 7) is 37.0. The molecule has 0 radical (unpaired) electrons. The largest absolute Gasteiger partial charge is 0.311 e. The summed E-state index contributed by atoms with van der Waals surface area (Å²) in [5.41, 5.74) is 24.9. The SMILES string of the molecule is CC(C)(C)c1ccc(N2c3cc4c(cc3B3c5sc6cc7c(cc6c5N(c5ccc6c(c5)C(C)(C)CCC6(C)C)c5cc(-n6c8ccccc8c8ccccc86)cc2c53)C(C)(C)CCC7(C)C)C(C)(C)CCC4(C)C)cc1. The molecule has 9 aromatic rings. The minimum absolute atomic E-state index is 0.00753. The summed E-state index contributed by atoms with van der Waals surface area (Å²) in [7, 11) is 0. The highest BCUT2D eigenvalue weighted by molar-refractivity contribution is 7.33. The molecule has 77 heavy (non-hydrogen) atoms. The topological polar surface area (TPSA) is 11.4 Å². The van der Waals surface area contributed by atoms with Crippen molar-refractivity contribution in [3.05, 3.63) is 166 Å². The van der Waals surface area contributed by atoms with Crippen LogP contribution in [0.5, 0.6) is 0 Å². The Labute approximate surface area is 463 Å². The first-order valence-electron chi connectivity index (χ1n) is 29.1. The van der Waals surface area contributed by atoms with Gasteiger partial charge < -0.3 is 14.4 Å². The lowest BCUT2D eigenvalue weighted by Gasteiger charge is -2.47. The molecule has 0 unspecified atom stereocenters. The lowest BCUT2D eigenvalue weighted by molar-refractivity contribution is 0.332. The van der Waals surface area contributed by atoms with Crippen LogP contribution < -0.4 is 25.5 Å². The van der Waals surface area contributed by atoms with Crippen LogP contribution in [-0.2, 0) is 37.9 Å². The van der Waals surface area contributed by atoms with Gasteiger partial charge in [0.1, 0.15) is 0 Å². The third kappa shape index (κ3) is 7.06. The smallest absolute Gasteiger partial charge is 0.264 e. The number of anilines is 6. The first kappa shape index (κ1) is 49.3. The lowest BCUT2D eigenvalue weighted by Crippen LogP contribution is -2.61. The van der Waals surface area contributed by atoms with Gasteiger partial charge in [-0.3, -0.25) is 0 Å². The molecule has 3 nitrogen and oxygen atoms in total. The number of para-hydroxylation sites is 2. The Morgan fingerprint density at radius 3 is 1.44 bits per heavy atom. The second-order valence-corrected chi connectivity index (χ2v) is 30.5. The van der Waals surface area contributed by atoms with Crippen molar-refractivity contribution < 1.29 is 0 Å². The fourth-order valence-electron chi connectivity index (χ4n) is 15.3. The van der Waals surface area contributed by atoms with E-state index in [4.69, 9.17) is 0 Å². The molecule has 3 aliphatic carbocycles. The zero-order chi connectivity index (χ0) is 53.9. The Bertz CT molecular complexity index is 3940. The van der Waals surface area contributed by atoms with E-state index in [1.165, 1.54) is 152 Å². The molecule has 390 valence electrons. The third-order valence-electron chi connectivity index (χ3n) is 20.5. The monoisotopic (exact) mass is 1030 g/mol. The Hall–Kier alpha value is -6.04. The van der Waals surface area contributed by atoms with Gasteiger partial charge in [-0.2, -0.15) is 0 Å². The van der Waals surface area contributed by atoms with E-state index in [9.17, 15) is 0 Å².